The van der Waals surface area contributed by atoms with E-state index in [0.717, 1.165) is 30.5 Å². The Kier molecular flexibility index (Phi) is 4.68. The average molecular weight is 286 g/mol. The molecule has 4 heteroatoms. The maximum Gasteiger partial charge on any atom is 0.0959 e. The number of rotatable bonds is 6. The van der Waals surface area contributed by atoms with Gasteiger partial charge < -0.3 is 14.4 Å². The first kappa shape index (κ1) is 14.3. The van der Waals surface area contributed by atoms with Crippen LogP contribution in [0.4, 0.5) is 0 Å². The van der Waals surface area contributed by atoms with E-state index in [1.165, 1.54) is 6.42 Å². The second-order valence-corrected chi connectivity index (χ2v) is 5.73. The van der Waals surface area contributed by atoms with Crippen molar-refractivity contribution >= 4 is 11.0 Å². The molecule has 21 heavy (non-hydrogen) atoms. The molecule has 1 heterocycles. The van der Waals surface area contributed by atoms with Gasteiger partial charge >= 0.3 is 0 Å². The van der Waals surface area contributed by atoms with Crippen LogP contribution in [0, 0.1) is 5.92 Å². The fraction of sp³-hybridized carbons (Fsp3) is 0.471. The molecular formula is C17H22N2O2. The van der Waals surface area contributed by atoms with Crippen LogP contribution in [0.1, 0.15) is 19.3 Å². The highest BCUT2D eigenvalue weighted by molar-refractivity contribution is 5.74. The number of allylic oxidation sites excluding steroid dienone is 2. The van der Waals surface area contributed by atoms with E-state index in [2.05, 4.69) is 17.1 Å². The van der Waals surface area contributed by atoms with E-state index in [4.69, 9.17) is 4.74 Å². The fourth-order valence-electron chi connectivity index (χ4n) is 2.81. The van der Waals surface area contributed by atoms with Gasteiger partial charge in [-0.25, -0.2) is 4.98 Å². The third-order valence-corrected chi connectivity index (χ3v) is 3.98. The summed E-state index contributed by atoms with van der Waals surface area (Å²) in [4.78, 5) is 4.33. The minimum Gasteiger partial charge on any atom is -0.389 e. The van der Waals surface area contributed by atoms with E-state index in [-0.39, 0.29) is 0 Å². The lowest BCUT2D eigenvalue weighted by Crippen LogP contribution is -2.23. The molecule has 1 aromatic carbocycles. The Balaban J connectivity index is 1.47. The first-order valence-electron chi connectivity index (χ1n) is 7.63. The van der Waals surface area contributed by atoms with Crippen LogP contribution in [-0.4, -0.2) is 34.0 Å². The van der Waals surface area contributed by atoms with Crippen molar-refractivity contribution in [1.82, 2.24) is 9.55 Å². The van der Waals surface area contributed by atoms with Crippen LogP contribution in [0.2, 0.25) is 0 Å². The van der Waals surface area contributed by atoms with Crippen molar-refractivity contribution < 1.29 is 9.84 Å². The van der Waals surface area contributed by atoms with Gasteiger partial charge in [0.2, 0.25) is 0 Å². The molecule has 1 N–H and O–H groups in total. The maximum atomic E-state index is 10.1. The topological polar surface area (TPSA) is 47.3 Å². The highest BCUT2D eigenvalue weighted by Crippen LogP contribution is 2.18. The van der Waals surface area contributed by atoms with E-state index >= 15 is 0 Å². The summed E-state index contributed by atoms with van der Waals surface area (Å²) in [5, 5.41) is 10.1. The Morgan fingerprint density at radius 3 is 3.10 bits per heavy atom. The second-order valence-electron chi connectivity index (χ2n) is 5.73. The summed E-state index contributed by atoms with van der Waals surface area (Å²) in [6, 6.07) is 7.95. The number of benzene rings is 1. The first-order chi connectivity index (χ1) is 10.3. The summed E-state index contributed by atoms with van der Waals surface area (Å²) in [5.74, 6) is 0.608. The predicted octanol–water partition coefficient (Wildman–Crippen LogP) is 2.77. The van der Waals surface area contributed by atoms with Gasteiger partial charge in [-0.15, -0.1) is 0 Å². The summed E-state index contributed by atoms with van der Waals surface area (Å²) < 4.78 is 7.66. The molecule has 0 unspecified atom stereocenters. The van der Waals surface area contributed by atoms with Crippen LogP contribution in [-0.2, 0) is 11.3 Å². The van der Waals surface area contributed by atoms with Gasteiger partial charge in [0.15, 0.2) is 0 Å². The van der Waals surface area contributed by atoms with Crippen molar-refractivity contribution in [2.24, 2.45) is 5.92 Å². The molecule has 3 rings (SSSR count). The molecular weight excluding hydrogens is 264 g/mol. The van der Waals surface area contributed by atoms with Gasteiger partial charge in [0.1, 0.15) is 0 Å². The van der Waals surface area contributed by atoms with E-state index in [1.807, 2.05) is 28.8 Å². The number of hydrogen-bond acceptors (Lipinski definition) is 3. The number of nitrogens with zero attached hydrogens (tertiary/aromatic N) is 2. The van der Waals surface area contributed by atoms with Gasteiger partial charge in [-0.05, 0) is 37.3 Å². The number of hydrogen-bond donors (Lipinski definition) is 1. The number of aliphatic hydroxyl groups excluding tert-OH is 1. The van der Waals surface area contributed by atoms with Gasteiger partial charge in [-0.1, -0.05) is 24.3 Å². The molecule has 4 nitrogen and oxygen atoms in total. The van der Waals surface area contributed by atoms with Gasteiger partial charge in [-0.3, -0.25) is 0 Å². The molecule has 0 amide bonds. The Morgan fingerprint density at radius 2 is 2.24 bits per heavy atom. The molecule has 0 fully saturated rings. The molecule has 1 aliphatic rings. The molecule has 0 saturated carbocycles. The smallest absolute Gasteiger partial charge is 0.0959 e. The van der Waals surface area contributed by atoms with Crippen molar-refractivity contribution in [3.05, 3.63) is 42.7 Å². The fourth-order valence-corrected chi connectivity index (χ4v) is 2.81. The number of imidazole rings is 1. The van der Waals surface area contributed by atoms with Gasteiger partial charge in [-0.2, -0.15) is 0 Å². The zero-order chi connectivity index (χ0) is 14.5. The zero-order valence-corrected chi connectivity index (χ0v) is 12.2. The minimum atomic E-state index is -0.498. The van der Waals surface area contributed by atoms with Crippen molar-refractivity contribution in [3.63, 3.8) is 0 Å². The Morgan fingerprint density at radius 1 is 1.33 bits per heavy atom. The number of fused-ring (bicyclic) bond motifs is 1. The standard InChI is InChI=1S/C17H22N2O2/c20-15(12-21-11-14-6-2-1-3-7-14)10-19-13-18-16-8-4-5-9-17(16)19/h1-2,4-5,8-9,13-15,20H,3,6-7,10-12H2/t14-,15-/m1/s1. The molecule has 112 valence electrons. The van der Waals surface area contributed by atoms with Crippen LogP contribution in [0.5, 0.6) is 0 Å². The molecule has 2 aromatic rings. The molecule has 0 spiro atoms. The quantitative estimate of drug-likeness (QED) is 0.831. The summed E-state index contributed by atoms with van der Waals surface area (Å²) >= 11 is 0. The van der Waals surface area contributed by atoms with E-state index in [1.54, 1.807) is 6.33 Å². The van der Waals surface area contributed by atoms with Crippen LogP contribution in [0.3, 0.4) is 0 Å². The predicted molar refractivity (Wildman–Crippen MR) is 83.0 cm³/mol. The number of aromatic nitrogens is 2. The summed E-state index contributed by atoms with van der Waals surface area (Å²) in [6.45, 7) is 1.64. The Hall–Kier alpha value is -1.65. The normalized spacial score (nSPS) is 20.0. The molecule has 1 aliphatic carbocycles. The first-order valence-corrected chi connectivity index (χ1v) is 7.63. The van der Waals surface area contributed by atoms with Crippen molar-refractivity contribution in [1.29, 1.82) is 0 Å². The Labute approximate surface area is 125 Å². The number of para-hydroxylation sites is 2. The molecule has 0 saturated heterocycles. The molecule has 0 radical (unpaired) electrons. The molecule has 1 aromatic heterocycles. The lowest BCUT2D eigenvalue weighted by molar-refractivity contribution is 0.0131. The van der Waals surface area contributed by atoms with Crippen molar-refractivity contribution in [2.75, 3.05) is 13.2 Å². The minimum absolute atomic E-state index is 0.382. The number of ether oxygens (including phenoxy) is 1. The molecule has 2 atom stereocenters. The van der Waals surface area contributed by atoms with Crippen LogP contribution >= 0.6 is 0 Å². The summed E-state index contributed by atoms with van der Waals surface area (Å²) in [6.07, 6.45) is 9.18. The monoisotopic (exact) mass is 286 g/mol. The van der Waals surface area contributed by atoms with Gasteiger partial charge in [0.05, 0.1) is 36.6 Å². The summed E-state index contributed by atoms with van der Waals surface area (Å²) in [5.41, 5.74) is 2.01. The Bertz CT molecular complexity index is 606. The van der Waals surface area contributed by atoms with Crippen molar-refractivity contribution in [2.45, 2.75) is 31.9 Å². The zero-order valence-electron chi connectivity index (χ0n) is 12.2. The highest BCUT2D eigenvalue weighted by atomic mass is 16.5. The van der Waals surface area contributed by atoms with E-state index < -0.39 is 6.10 Å². The summed E-state index contributed by atoms with van der Waals surface area (Å²) in [7, 11) is 0. The van der Waals surface area contributed by atoms with Crippen LogP contribution in [0.25, 0.3) is 11.0 Å². The lowest BCUT2D eigenvalue weighted by Gasteiger charge is -2.19. The van der Waals surface area contributed by atoms with Crippen LogP contribution in [0.15, 0.2) is 42.7 Å². The van der Waals surface area contributed by atoms with Crippen LogP contribution < -0.4 is 0 Å². The SMILES string of the molecule is O[C@@H](COC[C@@H]1CC=CCC1)Cn1cnc2ccccc21. The number of aliphatic hydroxyl groups is 1. The van der Waals surface area contributed by atoms with E-state index in [9.17, 15) is 5.11 Å². The highest BCUT2D eigenvalue weighted by Gasteiger charge is 2.12. The van der Waals surface area contributed by atoms with E-state index in [0.29, 0.717) is 19.1 Å². The van der Waals surface area contributed by atoms with Crippen molar-refractivity contribution in [3.8, 4) is 0 Å². The third-order valence-electron chi connectivity index (χ3n) is 3.98. The third kappa shape index (κ3) is 3.71. The lowest BCUT2D eigenvalue weighted by atomic mass is 9.95. The molecule has 0 bridgehead atoms. The van der Waals surface area contributed by atoms with Gasteiger partial charge in [0.25, 0.3) is 0 Å². The second kappa shape index (κ2) is 6.87. The average Bonchev–Trinajstić information content (AvgIpc) is 2.92. The van der Waals surface area contributed by atoms with Gasteiger partial charge in [0, 0.05) is 6.61 Å². The largest absolute Gasteiger partial charge is 0.389 e. The maximum absolute atomic E-state index is 10.1. The molecule has 0 aliphatic heterocycles.